The second kappa shape index (κ2) is 6.75. The Morgan fingerprint density at radius 3 is 2.21 bits per heavy atom. The summed E-state index contributed by atoms with van der Waals surface area (Å²) in [4.78, 5) is 30.1. The molecule has 0 saturated carbocycles. The Morgan fingerprint density at radius 2 is 1.79 bits per heavy atom. The molecule has 1 rings (SSSR count). The van der Waals surface area contributed by atoms with Crippen LogP contribution in [-0.2, 0) is 0 Å². The standard InChI is InChI=1S/C6H8ClN7O.HNO3/c7-2-4(9)13-3(8)1(12-2)5(15)14-6(10)11;2-1(3)4/h(H4,8,9,13)(H4,10,11,14,15);(H,2,3,4). The number of nitrogens with two attached hydrogens (primary N) is 4. The third-order valence-electron chi connectivity index (χ3n) is 1.34. The number of aromatic nitrogens is 2. The monoisotopic (exact) mass is 292 g/mol. The van der Waals surface area contributed by atoms with Crippen LogP contribution >= 0.6 is 11.6 Å². The second-order valence-electron chi connectivity index (χ2n) is 2.71. The summed E-state index contributed by atoms with van der Waals surface area (Å²) in [5, 5.41) is 13.5. The van der Waals surface area contributed by atoms with Crippen molar-refractivity contribution in [2.75, 3.05) is 11.5 Å². The Labute approximate surface area is 110 Å². The Hall–Kier alpha value is -2.89. The molecule has 0 aliphatic heterocycles. The Kier molecular flexibility index (Phi) is 5.72. The first kappa shape index (κ1) is 16.1. The minimum absolute atomic E-state index is 0.0737. The fraction of sp³-hybridized carbons (Fsp3) is 0. The van der Waals surface area contributed by atoms with Gasteiger partial charge in [0, 0.05) is 0 Å². The molecule has 13 heteroatoms. The fourth-order valence-electron chi connectivity index (χ4n) is 0.769. The van der Waals surface area contributed by atoms with E-state index in [0.29, 0.717) is 0 Å². The minimum atomic E-state index is -1.50. The summed E-state index contributed by atoms with van der Waals surface area (Å²) in [6, 6.07) is 0. The van der Waals surface area contributed by atoms with E-state index in [1.807, 2.05) is 0 Å². The number of nitrogen functional groups attached to an aromatic ring is 2. The summed E-state index contributed by atoms with van der Waals surface area (Å²) in [5.74, 6) is -1.50. The Morgan fingerprint density at radius 1 is 1.32 bits per heavy atom. The van der Waals surface area contributed by atoms with Crippen LogP contribution in [0.25, 0.3) is 0 Å². The maximum atomic E-state index is 11.3. The molecule has 0 aliphatic carbocycles. The van der Waals surface area contributed by atoms with Crippen LogP contribution in [-0.4, -0.2) is 32.1 Å². The molecule has 104 valence electrons. The number of carbonyl (C=O) groups is 1. The fourth-order valence-corrected chi connectivity index (χ4v) is 0.896. The first-order chi connectivity index (χ1) is 8.65. The Bertz CT molecular complexity index is 524. The van der Waals surface area contributed by atoms with Crippen LogP contribution in [0.5, 0.6) is 0 Å². The van der Waals surface area contributed by atoms with E-state index >= 15 is 0 Å². The van der Waals surface area contributed by atoms with E-state index in [1.165, 1.54) is 0 Å². The number of anilines is 2. The first-order valence-electron chi connectivity index (χ1n) is 4.20. The van der Waals surface area contributed by atoms with Gasteiger partial charge in [0.05, 0.1) is 0 Å². The smallest absolute Gasteiger partial charge is 0.302 e. The molecular formula is C6H9ClN8O4. The van der Waals surface area contributed by atoms with E-state index in [9.17, 15) is 4.79 Å². The lowest BCUT2D eigenvalue weighted by Crippen LogP contribution is -2.24. The predicted octanol–water partition coefficient (Wildman–Crippen LogP) is -1.64. The van der Waals surface area contributed by atoms with Crippen molar-refractivity contribution in [2.24, 2.45) is 16.5 Å². The normalized spacial score (nSPS) is 8.89. The van der Waals surface area contributed by atoms with E-state index in [0.717, 1.165) is 0 Å². The number of hydrogen-bond acceptors (Lipinski definition) is 7. The zero-order valence-electron chi connectivity index (χ0n) is 9.15. The maximum absolute atomic E-state index is 11.3. The lowest BCUT2D eigenvalue weighted by Gasteiger charge is -2.02. The SMILES string of the molecule is NC(N)=NC(=O)c1nc(Cl)c(N)nc1N.O=[N+]([O-])O. The average molecular weight is 293 g/mol. The number of amides is 1. The van der Waals surface area contributed by atoms with Crippen molar-refractivity contribution in [3.8, 4) is 0 Å². The largest absolute Gasteiger partial charge is 0.382 e. The number of carbonyl (C=O) groups excluding carboxylic acids is 1. The first-order valence-corrected chi connectivity index (χ1v) is 4.58. The number of rotatable bonds is 1. The van der Waals surface area contributed by atoms with Gasteiger partial charge in [-0.2, -0.15) is 4.99 Å². The van der Waals surface area contributed by atoms with Gasteiger partial charge in [0.1, 0.15) is 0 Å². The van der Waals surface area contributed by atoms with E-state index < -0.39 is 17.0 Å². The summed E-state index contributed by atoms with van der Waals surface area (Å²) in [6.45, 7) is 0. The minimum Gasteiger partial charge on any atom is -0.382 e. The highest BCUT2D eigenvalue weighted by atomic mass is 35.5. The van der Waals surface area contributed by atoms with Crippen LogP contribution in [0, 0.1) is 10.1 Å². The van der Waals surface area contributed by atoms with Gasteiger partial charge in [-0.05, 0) is 0 Å². The van der Waals surface area contributed by atoms with Gasteiger partial charge in [-0.15, -0.1) is 10.1 Å². The summed E-state index contributed by atoms with van der Waals surface area (Å²) in [5.41, 5.74) is 20.5. The molecule has 0 radical (unpaired) electrons. The molecular weight excluding hydrogens is 284 g/mol. The van der Waals surface area contributed by atoms with Crippen LogP contribution in [0.4, 0.5) is 11.6 Å². The molecule has 1 aromatic heterocycles. The van der Waals surface area contributed by atoms with Gasteiger partial charge in [-0.3, -0.25) is 4.79 Å². The number of nitrogens with zero attached hydrogens (tertiary/aromatic N) is 4. The lowest BCUT2D eigenvalue weighted by atomic mass is 10.4. The highest BCUT2D eigenvalue weighted by Crippen LogP contribution is 2.17. The molecule has 12 nitrogen and oxygen atoms in total. The quantitative estimate of drug-likeness (QED) is 0.172. The van der Waals surface area contributed by atoms with Crippen molar-refractivity contribution in [3.63, 3.8) is 0 Å². The predicted molar refractivity (Wildman–Crippen MR) is 64.8 cm³/mol. The van der Waals surface area contributed by atoms with Crippen LogP contribution in [0.2, 0.25) is 5.15 Å². The topological polar surface area (TPSA) is 223 Å². The van der Waals surface area contributed by atoms with E-state index in [2.05, 4.69) is 15.0 Å². The van der Waals surface area contributed by atoms with Gasteiger partial charge < -0.3 is 28.1 Å². The molecule has 1 amide bonds. The number of hydrogen-bond donors (Lipinski definition) is 5. The number of halogens is 1. The van der Waals surface area contributed by atoms with E-state index in [-0.39, 0.29) is 22.5 Å². The zero-order chi connectivity index (χ0) is 15.2. The summed E-state index contributed by atoms with van der Waals surface area (Å²) in [7, 11) is 0. The van der Waals surface area contributed by atoms with Crippen LogP contribution in [0.3, 0.4) is 0 Å². The van der Waals surface area contributed by atoms with Crippen molar-refractivity contribution in [1.82, 2.24) is 9.97 Å². The van der Waals surface area contributed by atoms with E-state index in [1.54, 1.807) is 0 Å². The summed E-state index contributed by atoms with van der Waals surface area (Å²) >= 11 is 5.55. The van der Waals surface area contributed by atoms with Crippen molar-refractivity contribution >= 4 is 35.1 Å². The van der Waals surface area contributed by atoms with Crippen LogP contribution in [0.15, 0.2) is 4.99 Å². The zero-order valence-corrected chi connectivity index (χ0v) is 9.90. The highest BCUT2D eigenvalue weighted by Gasteiger charge is 2.15. The molecule has 1 aromatic rings. The molecule has 0 unspecified atom stereocenters. The molecule has 0 aliphatic rings. The number of guanidine groups is 1. The lowest BCUT2D eigenvalue weighted by molar-refractivity contribution is -0.742. The van der Waals surface area contributed by atoms with Gasteiger partial charge in [0.15, 0.2) is 28.4 Å². The third kappa shape index (κ3) is 5.83. The highest BCUT2D eigenvalue weighted by molar-refractivity contribution is 6.31. The molecule has 1 heterocycles. The third-order valence-corrected chi connectivity index (χ3v) is 1.62. The van der Waals surface area contributed by atoms with Gasteiger partial charge in [0.25, 0.3) is 5.09 Å². The van der Waals surface area contributed by atoms with Gasteiger partial charge in [-0.25, -0.2) is 9.97 Å². The van der Waals surface area contributed by atoms with Crippen LogP contribution in [0.1, 0.15) is 10.5 Å². The molecule has 0 bridgehead atoms. The maximum Gasteiger partial charge on any atom is 0.302 e. The number of aliphatic imine (C=N–C) groups is 1. The van der Waals surface area contributed by atoms with Gasteiger partial charge in [0.2, 0.25) is 0 Å². The molecule has 0 fully saturated rings. The average Bonchev–Trinajstić information content (AvgIpc) is 2.21. The van der Waals surface area contributed by atoms with Crippen molar-refractivity contribution < 1.29 is 15.1 Å². The van der Waals surface area contributed by atoms with Gasteiger partial charge >= 0.3 is 5.91 Å². The molecule has 0 aromatic carbocycles. The van der Waals surface area contributed by atoms with Crippen LogP contribution < -0.4 is 22.9 Å². The second-order valence-corrected chi connectivity index (χ2v) is 3.07. The molecule has 0 saturated heterocycles. The molecule has 0 spiro atoms. The van der Waals surface area contributed by atoms with Crippen molar-refractivity contribution in [1.29, 1.82) is 0 Å². The summed E-state index contributed by atoms with van der Waals surface area (Å²) < 4.78 is 0. The van der Waals surface area contributed by atoms with Gasteiger partial charge in [-0.1, -0.05) is 11.6 Å². The molecule has 19 heavy (non-hydrogen) atoms. The van der Waals surface area contributed by atoms with Crippen molar-refractivity contribution in [3.05, 3.63) is 21.0 Å². The summed E-state index contributed by atoms with van der Waals surface area (Å²) in [6.07, 6.45) is 0. The molecule has 9 N–H and O–H groups in total. The Balaban J connectivity index is 0.000000711. The van der Waals surface area contributed by atoms with Crippen molar-refractivity contribution in [2.45, 2.75) is 0 Å². The molecule has 0 atom stereocenters. The van der Waals surface area contributed by atoms with E-state index in [4.69, 9.17) is 49.9 Å².